The first-order valence-corrected chi connectivity index (χ1v) is 6.96. The number of hydrogen-bond acceptors (Lipinski definition) is 1. The largest absolute Gasteiger partial charge is 0.378 e. The van der Waals surface area contributed by atoms with Crippen molar-refractivity contribution >= 4 is 21.6 Å². The Morgan fingerprint density at radius 2 is 1.72 bits per heavy atom. The minimum absolute atomic E-state index is 0.305. The summed E-state index contributed by atoms with van der Waals surface area (Å²) in [6, 6.07) is 15.1. The van der Waals surface area contributed by atoms with Crippen LogP contribution in [-0.4, -0.2) is 0 Å². The Hall–Kier alpha value is -1.28. The fourth-order valence-corrected chi connectivity index (χ4v) is 2.51. The van der Waals surface area contributed by atoms with E-state index < -0.39 is 0 Å². The summed E-state index contributed by atoms with van der Waals surface area (Å²) in [5.74, 6) is 0. The molecule has 0 aliphatic carbocycles. The van der Waals surface area contributed by atoms with Gasteiger partial charge in [0.2, 0.25) is 0 Å². The number of hydrogen-bond donors (Lipinski definition) is 1. The fourth-order valence-electron chi connectivity index (χ4n) is 2.15. The first kappa shape index (κ1) is 13.2. The fraction of sp³-hybridized carbons (Fsp3) is 0.250. The SMILES string of the molecule is Cc1ccccc1C(C)Nc1cccc(Br)c1C. The molecular formula is C16H18BrN. The molecular weight excluding hydrogens is 286 g/mol. The topological polar surface area (TPSA) is 12.0 Å². The second kappa shape index (κ2) is 5.57. The minimum Gasteiger partial charge on any atom is -0.378 e. The summed E-state index contributed by atoms with van der Waals surface area (Å²) in [7, 11) is 0. The Morgan fingerprint density at radius 1 is 1.00 bits per heavy atom. The Morgan fingerprint density at radius 3 is 2.44 bits per heavy atom. The Bertz CT molecular complexity index is 549. The number of benzene rings is 2. The smallest absolute Gasteiger partial charge is 0.0488 e. The van der Waals surface area contributed by atoms with E-state index in [1.165, 1.54) is 22.4 Å². The van der Waals surface area contributed by atoms with E-state index in [0.717, 1.165) is 4.47 Å². The van der Waals surface area contributed by atoms with Gasteiger partial charge in [0.1, 0.15) is 0 Å². The molecule has 2 aromatic carbocycles. The molecule has 0 amide bonds. The predicted molar refractivity (Wildman–Crippen MR) is 82.1 cm³/mol. The third-order valence-electron chi connectivity index (χ3n) is 3.29. The molecule has 2 aromatic rings. The molecule has 0 aliphatic rings. The van der Waals surface area contributed by atoms with Crippen molar-refractivity contribution in [1.82, 2.24) is 0 Å². The van der Waals surface area contributed by atoms with E-state index >= 15 is 0 Å². The summed E-state index contributed by atoms with van der Waals surface area (Å²) < 4.78 is 1.14. The molecule has 0 aliphatic heterocycles. The highest BCUT2D eigenvalue weighted by molar-refractivity contribution is 9.10. The molecule has 18 heavy (non-hydrogen) atoms. The van der Waals surface area contributed by atoms with E-state index in [4.69, 9.17) is 0 Å². The van der Waals surface area contributed by atoms with Crippen molar-refractivity contribution in [2.24, 2.45) is 0 Å². The highest BCUT2D eigenvalue weighted by atomic mass is 79.9. The number of rotatable bonds is 3. The van der Waals surface area contributed by atoms with Crippen molar-refractivity contribution in [1.29, 1.82) is 0 Å². The summed E-state index contributed by atoms with van der Waals surface area (Å²) in [4.78, 5) is 0. The third kappa shape index (κ3) is 2.75. The number of aryl methyl sites for hydroxylation is 1. The van der Waals surface area contributed by atoms with E-state index in [0.29, 0.717) is 6.04 Å². The monoisotopic (exact) mass is 303 g/mol. The van der Waals surface area contributed by atoms with Crippen molar-refractivity contribution in [3.63, 3.8) is 0 Å². The van der Waals surface area contributed by atoms with Crippen molar-refractivity contribution in [2.75, 3.05) is 5.32 Å². The van der Waals surface area contributed by atoms with Crippen molar-refractivity contribution in [3.05, 3.63) is 63.6 Å². The summed E-state index contributed by atoms with van der Waals surface area (Å²) in [5.41, 5.74) is 5.10. The molecule has 0 radical (unpaired) electrons. The number of halogens is 1. The molecule has 1 unspecified atom stereocenters. The van der Waals surface area contributed by atoms with Crippen LogP contribution in [0.4, 0.5) is 5.69 Å². The molecule has 0 heterocycles. The lowest BCUT2D eigenvalue weighted by Crippen LogP contribution is -2.09. The molecule has 0 saturated carbocycles. The van der Waals surface area contributed by atoms with Crippen LogP contribution >= 0.6 is 15.9 Å². The molecule has 1 atom stereocenters. The first-order chi connectivity index (χ1) is 8.59. The van der Waals surface area contributed by atoms with Crippen molar-refractivity contribution in [3.8, 4) is 0 Å². The van der Waals surface area contributed by atoms with E-state index in [1.54, 1.807) is 0 Å². The standard InChI is InChI=1S/C16H18BrN/c1-11-7-4-5-8-14(11)13(3)18-16-10-6-9-15(17)12(16)2/h4-10,13,18H,1-3H3. The predicted octanol–water partition coefficient (Wildman–Crippen LogP) is 5.24. The molecule has 1 nitrogen and oxygen atoms in total. The molecule has 0 fully saturated rings. The number of nitrogens with one attached hydrogen (secondary N) is 1. The molecule has 2 rings (SSSR count). The quantitative estimate of drug-likeness (QED) is 0.817. The van der Waals surface area contributed by atoms with Gasteiger partial charge >= 0.3 is 0 Å². The van der Waals surface area contributed by atoms with Gasteiger partial charge in [-0.2, -0.15) is 0 Å². The molecule has 0 spiro atoms. The zero-order valence-corrected chi connectivity index (χ0v) is 12.6. The average Bonchev–Trinajstić information content (AvgIpc) is 2.35. The van der Waals surface area contributed by atoms with Gasteiger partial charge in [-0.1, -0.05) is 46.3 Å². The zero-order valence-electron chi connectivity index (χ0n) is 11.0. The normalized spacial score (nSPS) is 12.2. The van der Waals surface area contributed by atoms with E-state index in [9.17, 15) is 0 Å². The Balaban J connectivity index is 2.24. The second-order valence-corrected chi connectivity index (χ2v) is 5.49. The Labute approximate surface area is 117 Å². The van der Waals surface area contributed by atoms with Gasteiger partial charge < -0.3 is 5.32 Å². The molecule has 0 aromatic heterocycles. The molecule has 1 N–H and O–H groups in total. The van der Waals surface area contributed by atoms with E-state index in [-0.39, 0.29) is 0 Å². The summed E-state index contributed by atoms with van der Waals surface area (Å²) in [6.45, 7) is 6.47. The van der Waals surface area contributed by atoms with E-state index in [1.807, 2.05) is 0 Å². The third-order valence-corrected chi connectivity index (χ3v) is 4.15. The summed E-state index contributed by atoms with van der Waals surface area (Å²) in [5, 5.41) is 3.58. The maximum Gasteiger partial charge on any atom is 0.0488 e. The minimum atomic E-state index is 0.305. The Kier molecular flexibility index (Phi) is 4.07. The van der Waals surface area contributed by atoms with Gasteiger partial charge in [-0.3, -0.25) is 0 Å². The molecule has 0 bridgehead atoms. The van der Waals surface area contributed by atoms with Gasteiger partial charge in [-0.05, 0) is 49.6 Å². The van der Waals surface area contributed by atoms with Crippen LogP contribution in [0.5, 0.6) is 0 Å². The first-order valence-electron chi connectivity index (χ1n) is 6.17. The van der Waals surface area contributed by atoms with Crippen LogP contribution < -0.4 is 5.32 Å². The highest BCUT2D eigenvalue weighted by Gasteiger charge is 2.09. The van der Waals surface area contributed by atoms with Crippen molar-refractivity contribution < 1.29 is 0 Å². The van der Waals surface area contributed by atoms with Crippen LogP contribution in [0.3, 0.4) is 0 Å². The molecule has 2 heteroatoms. The van der Waals surface area contributed by atoms with Gasteiger partial charge in [-0.25, -0.2) is 0 Å². The van der Waals surface area contributed by atoms with Gasteiger partial charge in [0, 0.05) is 16.2 Å². The number of anilines is 1. The lowest BCUT2D eigenvalue weighted by Gasteiger charge is -2.19. The lowest BCUT2D eigenvalue weighted by molar-refractivity contribution is 0.872. The van der Waals surface area contributed by atoms with Gasteiger partial charge in [0.25, 0.3) is 0 Å². The van der Waals surface area contributed by atoms with Gasteiger partial charge in [-0.15, -0.1) is 0 Å². The maximum absolute atomic E-state index is 3.58. The summed E-state index contributed by atoms with van der Waals surface area (Å²) in [6.07, 6.45) is 0. The van der Waals surface area contributed by atoms with Crippen LogP contribution in [0.1, 0.15) is 29.7 Å². The van der Waals surface area contributed by atoms with Crippen LogP contribution in [0.25, 0.3) is 0 Å². The van der Waals surface area contributed by atoms with Gasteiger partial charge in [0.15, 0.2) is 0 Å². The highest BCUT2D eigenvalue weighted by Crippen LogP contribution is 2.27. The van der Waals surface area contributed by atoms with Crippen LogP contribution in [0.15, 0.2) is 46.9 Å². The van der Waals surface area contributed by atoms with Crippen LogP contribution in [-0.2, 0) is 0 Å². The molecule has 0 saturated heterocycles. The maximum atomic E-state index is 3.58. The average molecular weight is 304 g/mol. The van der Waals surface area contributed by atoms with Gasteiger partial charge in [0.05, 0.1) is 0 Å². The molecule has 94 valence electrons. The summed E-state index contributed by atoms with van der Waals surface area (Å²) >= 11 is 3.57. The second-order valence-electron chi connectivity index (χ2n) is 4.64. The van der Waals surface area contributed by atoms with Crippen molar-refractivity contribution in [2.45, 2.75) is 26.8 Å². The van der Waals surface area contributed by atoms with Crippen LogP contribution in [0, 0.1) is 13.8 Å². The van der Waals surface area contributed by atoms with Crippen LogP contribution in [0.2, 0.25) is 0 Å². The lowest BCUT2D eigenvalue weighted by atomic mass is 10.0. The zero-order chi connectivity index (χ0) is 13.1. The van der Waals surface area contributed by atoms with E-state index in [2.05, 4.69) is 84.5 Å².